The largest absolute Gasteiger partial charge is 0.504 e. The van der Waals surface area contributed by atoms with Gasteiger partial charge in [0.1, 0.15) is 11.3 Å². The molecule has 96 valence electrons. The van der Waals surface area contributed by atoms with Crippen molar-refractivity contribution in [3.63, 3.8) is 0 Å². The minimum Gasteiger partial charge on any atom is -0.462 e. The molecule has 0 fully saturated rings. The Morgan fingerprint density at radius 1 is 1.53 bits per heavy atom. The van der Waals surface area contributed by atoms with Gasteiger partial charge >= 0.3 is 12.3 Å². The van der Waals surface area contributed by atoms with Crippen molar-refractivity contribution >= 4 is 5.97 Å². The van der Waals surface area contributed by atoms with Gasteiger partial charge in [0.2, 0.25) is 0 Å². The molecule has 0 bridgehead atoms. The van der Waals surface area contributed by atoms with Crippen LogP contribution in [0.25, 0.3) is 0 Å². The topological polar surface area (TPSA) is 44.1 Å². The first-order valence-electron chi connectivity index (χ1n) is 4.39. The molecule has 1 aromatic heterocycles. The fourth-order valence-electron chi connectivity index (χ4n) is 1.14. The number of rotatable bonds is 3. The standard InChI is InChI=1S/C8H7F5N2O2/c1-2-17-7(16)4-3-14-15(8(11,12)13)5(4)6(9)10/h3,6H,2H2,1H3. The van der Waals surface area contributed by atoms with Crippen LogP contribution in [-0.2, 0) is 11.0 Å². The zero-order valence-corrected chi connectivity index (χ0v) is 8.46. The predicted octanol–water partition coefficient (Wildman–Crippen LogP) is 2.47. The molecule has 0 radical (unpaired) electrons. The average Bonchev–Trinajstić information content (AvgIpc) is 2.61. The molecule has 0 unspecified atom stereocenters. The molecule has 0 saturated heterocycles. The molecule has 0 atom stereocenters. The van der Waals surface area contributed by atoms with Crippen molar-refractivity contribution in [1.82, 2.24) is 9.78 Å². The second-order valence-electron chi connectivity index (χ2n) is 2.84. The van der Waals surface area contributed by atoms with Crippen LogP contribution in [0.1, 0.15) is 29.4 Å². The number of carbonyl (C=O) groups excluding carboxylic acids is 1. The van der Waals surface area contributed by atoms with Gasteiger partial charge in [0.15, 0.2) is 0 Å². The summed E-state index contributed by atoms with van der Waals surface area (Å²) < 4.78 is 65.3. The maximum atomic E-state index is 12.5. The van der Waals surface area contributed by atoms with Crippen molar-refractivity contribution in [1.29, 1.82) is 0 Å². The summed E-state index contributed by atoms with van der Waals surface area (Å²) in [6, 6.07) is 0. The van der Waals surface area contributed by atoms with E-state index in [1.807, 2.05) is 0 Å². The molecule has 0 amide bonds. The molecule has 0 aliphatic rings. The molecular formula is C8H7F5N2O2. The Morgan fingerprint density at radius 2 is 2.12 bits per heavy atom. The normalized spacial score (nSPS) is 11.9. The van der Waals surface area contributed by atoms with Crippen LogP contribution in [-0.4, -0.2) is 22.4 Å². The smallest absolute Gasteiger partial charge is 0.462 e. The molecule has 17 heavy (non-hydrogen) atoms. The highest BCUT2D eigenvalue weighted by Crippen LogP contribution is 2.31. The molecule has 0 spiro atoms. The third kappa shape index (κ3) is 2.71. The number of hydrogen-bond acceptors (Lipinski definition) is 3. The van der Waals surface area contributed by atoms with Crippen LogP contribution in [0.3, 0.4) is 0 Å². The molecule has 0 saturated carbocycles. The maximum absolute atomic E-state index is 12.5. The molecule has 1 aromatic rings. The summed E-state index contributed by atoms with van der Waals surface area (Å²) >= 11 is 0. The lowest BCUT2D eigenvalue weighted by atomic mass is 10.2. The van der Waals surface area contributed by atoms with Gasteiger partial charge in [-0.1, -0.05) is 0 Å². The van der Waals surface area contributed by atoms with E-state index < -0.39 is 34.6 Å². The number of aromatic nitrogens is 2. The molecule has 0 aliphatic heterocycles. The summed E-state index contributed by atoms with van der Waals surface area (Å²) in [4.78, 5) is 11.1. The van der Waals surface area contributed by atoms with Gasteiger partial charge in [-0.25, -0.2) is 13.6 Å². The third-order valence-corrected chi connectivity index (χ3v) is 1.75. The minimum absolute atomic E-state index is 0.140. The van der Waals surface area contributed by atoms with Crippen LogP contribution in [0.2, 0.25) is 0 Å². The van der Waals surface area contributed by atoms with Crippen molar-refractivity contribution in [3.05, 3.63) is 17.5 Å². The number of halogens is 5. The van der Waals surface area contributed by atoms with Gasteiger partial charge in [-0.3, -0.25) is 0 Å². The average molecular weight is 258 g/mol. The Hall–Kier alpha value is -1.67. The van der Waals surface area contributed by atoms with Crippen molar-refractivity contribution in [3.8, 4) is 0 Å². The number of ether oxygens (including phenoxy) is 1. The SMILES string of the molecule is CCOC(=O)c1cnn(C(F)(F)F)c1C(F)F. The van der Waals surface area contributed by atoms with Crippen molar-refractivity contribution < 1.29 is 31.5 Å². The van der Waals surface area contributed by atoms with Gasteiger partial charge in [-0.2, -0.15) is 9.78 Å². The monoisotopic (exact) mass is 258 g/mol. The fourth-order valence-corrected chi connectivity index (χ4v) is 1.14. The number of esters is 1. The lowest BCUT2D eigenvalue weighted by molar-refractivity contribution is -0.216. The zero-order valence-electron chi connectivity index (χ0n) is 8.46. The molecular weight excluding hydrogens is 251 g/mol. The lowest BCUT2D eigenvalue weighted by Gasteiger charge is -2.10. The number of hydrogen-bond donors (Lipinski definition) is 0. The first-order valence-corrected chi connectivity index (χ1v) is 4.39. The molecule has 0 N–H and O–H groups in total. The summed E-state index contributed by atoms with van der Waals surface area (Å²) in [5, 5.41) is 2.72. The van der Waals surface area contributed by atoms with Crippen LogP contribution >= 0.6 is 0 Å². The molecule has 0 aromatic carbocycles. The first-order chi connectivity index (χ1) is 7.79. The second-order valence-corrected chi connectivity index (χ2v) is 2.84. The Morgan fingerprint density at radius 3 is 2.53 bits per heavy atom. The number of carbonyl (C=O) groups is 1. The molecule has 9 heteroatoms. The van der Waals surface area contributed by atoms with E-state index in [4.69, 9.17) is 0 Å². The quantitative estimate of drug-likeness (QED) is 0.618. The summed E-state index contributed by atoms with van der Waals surface area (Å²) in [7, 11) is 0. The van der Waals surface area contributed by atoms with E-state index in [0.717, 1.165) is 0 Å². The van der Waals surface area contributed by atoms with E-state index in [9.17, 15) is 26.7 Å². The van der Waals surface area contributed by atoms with Crippen LogP contribution < -0.4 is 0 Å². The van der Waals surface area contributed by atoms with Crippen molar-refractivity contribution in [2.75, 3.05) is 6.61 Å². The number of nitrogens with zero attached hydrogens (tertiary/aromatic N) is 2. The van der Waals surface area contributed by atoms with Crippen LogP contribution in [0, 0.1) is 0 Å². The van der Waals surface area contributed by atoms with E-state index >= 15 is 0 Å². The summed E-state index contributed by atoms with van der Waals surface area (Å²) in [5.74, 6) is -1.27. The molecule has 4 nitrogen and oxygen atoms in total. The summed E-state index contributed by atoms with van der Waals surface area (Å²) in [6.07, 6.45) is -8.19. The van der Waals surface area contributed by atoms with Crippen molar-refractivity contribution in [2.45, 2.75) is 19.6 Å². The summed E-state index contributed by atoms with van der Waals surface area (Å²) in [6.45, 7) is 1.26. The highest BCUT2D eigenvalue weighted by atomic mass is 19.4. The van der Waals surface area contributed by atoms with Gasteiger partial charge in [-0.15, -0.1) is 13.2 Å². The van der Waals surface area contributed by atoms with Crippen LogP contribution in [0.15, 0.2) is 6.20 Å². The predicted molar refractivity (Wildman–Crippen MR) is 44.4 cm³/mol. The first kappa shape index (κ1) is 13.4. The highest BCUT2D eigenvalue weighted by molar-refractivity contribution is 5.90. The maximum Gasteiger partial charge on any atom is 0.504 e. The summed E-state index contributed by atoms with van der Waals surface area (Å²) in [5.41, 5.74) is -2.41. The molecule has 1 rings (SSSR count). The van der Waals surface area contributed by atoms with Gasteiger partial charge in [0, 0.05) is 0 Å². The minimum atomic E-state index is -5.11. The second kappa shape index (κ2) is 4.68. The van der Waals surface area contributed by atoms with Crippen LogP contribution in [0.4, 0.5) is 22.0 Å². The highest BCUT2D eigenvalue weighted by Gasteiger charge is 2.39. The van der Waals surface area contributed by atoms with E-state index in [0.29, 0.717) is 6.20 Å². The van der Waals surface area contributed by atoms with E-state index in [-0.39, 0.29) is 6.61 Å². The van der Waals surface area contributed by atoms with E-state index in [2.05, 4.69) is 9.84 Å². The van der Waals surface area contributed by atoms with Crippen LogP contribution in [0.5, 0.6) is 0 Å². The zero-order chi connectivity index (χ0) is 13.2. The Labute approximate surface area is 92.0 Å². The Balaban J connectivity index is 3.25. The van der Waals surface area contributed by atoms with Crippen molar-refractivity contribution in [2.24, 2.45) is 0 Å². The van der Waals surface area contributed by atoms with E-state index in [1.165, 1.54) is 6.92 Å². The van der Waals surface area contributed by atoms with Gasteiger partial charge in [0.05, 0.1) is 12.8 Å². The Kier molecular flexibility index (Phi) is 3.69. The third-order valence-electron chi connectivity index (χ3n) is 1.75. The van der Waals surface area contributed by atoms with E-state index in [1.54, 1.807) is 0 Å². The fraction of sp³-hybridized carbons (Fsp3) is 0.500. The van der Waals surface area contributed by atoms with Gasteiger partial charge in [-0.05, 0) is 6.92 Å². The lowest BCUT2D eigenvalue weighted by Crippen LogP contribution is -2.22. The molecule has 1 heterocycles. The number of alkyl halides is 5. The molecule has 0 aliphatic carbocycles. The van der Waals surface area contributed by atoms with Gasteiger partial charge in [0.25, 0.3) is 6.43 Å². The Bertz CT molecular complexity index is 413. The van der Waals surface area contributed by atoms with Gasteiger partial charge < -0.3 is 4.74 Å².